The molecule has 0 aliphatic carbocycles. The van der Waals surface area contributed by atoms with Gasteiger partial charge >= 0.3 is 0 Å². The van der Waals surface area contributed by atoms with Gasteiger partial charge < -0.3 is 16.0 Å². The summed E-state index contributed by atoms with van der Waals surface area (Å²) in [4.78, 5) is 19.5. The molecule has 0 aliphatic heterocycles. The maximum absolute atomic E-state index is 12.7. The largest absolute Gasteiger partial charge is 0.382 e. The van der Waals surface area contributed by atoms with Gasteiger partial charge in [0.15, 0.2) is 5.13 Å². The molecule has 6 heteroatoms. The molecule has 0 fully saturated rings. The van der Waals surface area contributed by atoms with Crippen LogP contribution in [-0.4, -0.2) is 34.9 Å². The van der Waals surface area contributed by atoms with E-state index in [0.29, 0.717) is 10.7 Å². The van der Waals surface area contributed by atoms with Gasteiger partial charge in [-0.05, 0) is 26.2 Å². The molecule has 0 aromatic carbocycles. The van der Waals surface area contributed by atoms with Gasteiger partial charge in [0.1, 0.15) is 10.7 Å². The number of unbranched alkanes of at least 4 members (excludes halogenated alkanes) is 1. The lowest BCUT2D eigenvalue weighted by Crippen LogP contribution is -2.39. The molecule has 1 aromatic heterocycles. The van der Waals surface area contributed by atoms with E-state index in [1.165, 1.54) is 11.3 Å². The van der Waals surface area contributed by atoms with E-state index < -0.39 is 0 Å². The standard InChI is InChI=1S/C15H28N4OS/c1-5-8-10-19(11(4)7-3)14(20)12-13(16)18-15(21-12)17-9-6-2/h11H,5-10,16H2,1-4H3,(H,17,18). The van der Waals surface area contributed by atoms with Crippen molar-refractivity contribution in [1.82, 2.24) is 9.88 Å². The molecule has 1 rings (SSSR count). The van der Waals surface area contributed by atoms with E-state index in [1.54, 1.807) is 0 Å². The number of anilines is 2. The minimum Gasteiger partial charge on any atom is -0.382 e. The van der Waals surface area contributed by atoms with Crippen LogP contribution in [-0.2, 0) is 0 Å². The first kappa shape index (κ1) is 17.8. The van der Waals surface area contributed by atoms with Gasteiger partial charge in [0.05, 0.1) is 0 Å². The highest BCUT2D eigenvalue weighted by Crippen LogP contribution is 2.27. The number of aromatic nitrogens is 1. The molecule has 1 amide bonds. The Morgan fingerprint density at radius 1 is 1.38 bits per heavy atom. The summed E-state index contributed by atoms with van der Waals surface area (Å²) in [6.07, 6.45) is 4.03. The number of rotatable bonds is 9. The first-order valence-corrected chi connectivity index (χ1v) is 8.67. The number of carbonyl (C=O) groups is 1. The fourth-order valence-electron chi connectivity index (χ4n) is 1.99. The van der Waals surface area contributed by atoms with Crippen molar-refractivity contribution < 1.29 is 4.79 Å². The number of nitrogen functional groups attached to an aromatic ring is 1. The summed E-state index contributed by atoms with van der Waals surface area (Å²) in [6, 6.07) is 0.220. The van der Waals surface area contributed by atoms with Crippen molar-refractivity contribution in [3.63, 3.8) is 0 Å². The Bertz CT molecular complexity index is 447. The first-order valence-electron chi connectivity index (χ1n) is 7.86. The Hall–Kier alpha value is -1.30. The Morgan fingerprint density at radius 3 is 2.67 bits per heavy atom. The van der Waals surface area contributed by atoms with Crippen LogP contribution in [0.1, 0.15) is 63.0 Å². The molecule has 0 aliphatic rings. The van der Waals surface area contributed by atoms with Gasteiger partial charge in [0.2, 0.25) is 0 Å². The molecular weight excluding hydrogens is 284 g/mol. The van der Waals surface area contributed by atoms with Crippen LogP contribution < -0.4 is 11.1 Å². The molecule has 1 atom stereocenters. The molecule has 0 radical (unpaired) electrons. The monoisotopic (exact) mass is 312 g/mol. The van der Waals surface area contributed by atoms with Crippen LogP contribution in [0.5, 0.6) is 0 Å². The number of nitrogens with zero attached hydrogens (tertiary/aromatic N) is 2. The summed E-state index contributed by atoms with van der Waals surface area (Å²) in [5, 5.41) is 3.93. The van der Waals surface area contributed by atoms with E-state index in [2.05, 4.69) is 38.0 Å². The zero-order valence-corrected chi connectivity index (χ0v) is 14.4. The lowest BCUT2D eigenvalue weighted by atomic mass is 10.2. The van der Waals surface area contributed by atoms with E-state index >= 15 is 0 Å². The molecule has 3 N–H and O–H groups in total. The maximum atomic E-state index is 12.7. The van der Waals surface area contributed by atoms with Crippen LogP contribution in [0.25, 0.3) is 0 Å². The zero-order valence-electron chi connectivity index (χ0n) is 13.6. The highest BCUT2D eigenvalue weighted by Gasteiger charge is 2.24. The van der Waals surface area contributed by atoms with Crippen LogP contribution in [0.15, 0.2) is 0 Å². The van der Waals surface area contributed by atoms with E-state index in [0.717, 1.165) is 43.9 Å². The topological polar surface area (TPSA) is 71.2 Å². The predicted octanol–water partition coefficient (Wildman–Crippen LogP) is 3.59. The minimum absolute atomic E-state index is 0.0114. The van der Waals surface area contributed by atoms with Gasteiger partial charge in [-0.1, -0.05) is 38.5 Å². The van der Waals surface area contributed by atoms with Crippen molar-refractivity contribution in [1.29, 1.82) is 0 Å². The highest BCUT2D eigenvalue weighted by molar-refractivity contribution is 7.18. The van der Waals surface area contributed by atoms with E-state index in [1.807, 2.05) is 4.90 Å². The summed E-state index contributed by atoms with van der Waals surface area (Å²) in [5.41, 5.74) is 5.93. The van der Waals surface area contributed by atoms with Crippen molar-refractivity contribution in [2.75, 3.05) is 24.1 Å². The molecule has 5 nitrogen and oxygen atoms in total. The molecule has 0 bridgehead atoms. The van der Waals surface area contributed by atoms with Gasteiger partial charge in [-0.25, -0.2) is 4.98 Å². The van der Waals surface area contributed by atoms with Crippen LogP contribution in [0.4, 0.5) is 10.9 Å². The smallest absolute Gasteiger partial charge is 0.268 e. The molecule has 120 valence electrons. The maximum Gasteiger partial charge on any atom is 0.268 e. The Morgan fingerprint density at radius 2 is 2.10 bits per heavy atom. The lowest BCUT2D eigenvalue weighted by molar-refractivity contribution is 0.0691. The molecule has 0 saturated carbocycles. The second kappa shape index (κ2) is 8.87. The first-order chi connectivity index (χ1) is 10.0. The molecule has 0 saturated heterocycles. The Labute approximate surface area is 131 Å². The number of thiazole rings is 1. The molecule has 21 heavy (non-hydrogen) atoms. The van der Waals surface area contributed by atoms with Gasteiger partial charge in [-0.3, -0.25) is 4.79 Å². The fourth-order valence-corrected chi connectivity index (χ4v) is 2.86. The minimum atomic E-state index is 0.0114. The Kier molecular flexibility index (Phi) is 7.50. The van der Waals surface area contributed by atoms with Gasteiger partial charge in [-0.15, -0.1) is 0 Å². The number of hydrogen-bond acceptors (Lipinski definition) is 5. The van der Waals surface area contributed by atoms with Crippen molar-refractivity contribution >= 4 is 28.2 Å². The summed E-state index contributed by atoms with van der Waals surface area (Å²) >= 11 is 1.36. The summed E-state index contributed by atoms with van der Waals surface area (Å²) in [5.74, 6) is 0.353. The Balaban J connectivity index is 2.89. The second-order valence-corrected chi connectivity index (χ2v) is 6.27. The quantitative estimate of drug-likeness (QED) is 0.731. The van der Waals surface area contributed by atoms with Crippen molar-refractivity contribution in [2.24, 2.45) is 0 Å². The van der Waals surface area contributed by atoms with Crippen molar-refractivity contribution in [3.8, 4) is 0 Å². The third-order valence-corrected chi connectivity index (χ3v) is 4.53. The third-order valence-electron chi connectivity index (χ3n) is 3.51. The van der Waals surface area contributed by atoms with Crippen LogP contribution in [0.2, 0.25) is 0 Å². The second-order valence-electron chi connectivity index (χ2n) is 5.27. The van der Waals surface area contributed by atoms with Gasteiger partial charge in [0, 0.05) is 19.1 Å². The number of carbonyl (C=O) groups excluding carboxylic acids is 1. The molecule has 1 unspecified atom stereocenters. The van der Waals surface area contributed by atoms with E-state index in [-0.39, 0.29) is 11.9 Å². The van der Waals surface area contributed by atoms with E-state index in [9.17, 15) is 4.79 Å². The normalized spacial score (nSPS) is 12.2. The van der Waals surface area contributed by atoms with Crippen molar-refractivity contribution in [2.45, 2.75) is 59.4 Å². The summed E-state index contributed by atoms with van der Waals surface area (Å²) < 4.78 is 0. The average molecular weight is 312 g/mol. The predicted molar refractivity (Wildman–Crippen MR) is 91.0 cm³/mol. The summed E-state index contributed by atoms with van der Waals surface area (Å²) in [6.45, 7) is 10.0. The zero-order chi connectivity index (χ0) is 15.8. The number of amides is 1. The fraction of sp³-hybridized carbons (Fsp3) is 0.733. The lowest BCUT2D eigenvalue weighted by Gasteiger charge is -2.28. The molecule has 1 aromatic rings. The molecular formula is C15H28N4OS. The van der Waals surface area contributed by atoms with Crippen LogP contribution in [0.3, 0.4) is 0 Å². The molecule has 1 heterocycles. The van der Waals surface area contributed by atoms with Crippen LogP contribution in [0, 0.1) is 0 Å². The number of nitrogens with two attached hydrogens (primary N) is 1. The van der Waals surface area contributed by atoms with Crippen LogP contribution >= 0.6 is 11.3 Å². The van der Waals surface area contributed by atoms with E-state index in [4.69, 9.17) is 5.73 Å². The number of nitrogens with one attached hydrogen (secondary N) is 1. The summed E-state index contributed by atoms with van der Waals surface area (Å²) in [7, 11) is 0. The van der Waals surface area contributed by atoms with Gasteiger partial charge in [0.25, 0.3) is 5.91 Å². The third kappa shape index (κ3) is 4.88. The van der Waals surface area contributed by atoms with Crippen molar-refractivity contribution in [3.05, 3.63) is 4.88 Å². The SMILES string of the molecule is CCCCN(C(=O)c1sc(NCCC)nc1N)C(C)CC. The average Bonchev–Trinajstić information content (AvgIpc) is 2.85. The highest BCUT2D eigenvalue weighted by atomic mass is 32.1. The van der Waals surface area contributed by atoms with Gasteiger partial charge in [-0.2, -0.15) is 0 Å². The molecule has 0 spiro atoms. The number of hydrogen-bond donors (Lipinski definition) is 2.